The van der Waals surface area contributed by atoms with Gasteiger partial charge in [-0.3, -0.25) is 4.90 Å². The van der Waals surface area contributed by atoms with E-state index in [4.69, 9.17) is 4.74 Å². The van der Waals surface area contributed by atoms with Gasteiger partial charge in [-0.25, -0.2) is 0 Å². The van der Waals surface area contributed by atoms with Crippen molar-refractivity contribution in [3.63, 3.8) is 0 Å². The van der Waals surface area contributed by atoms with Gasteiger partial charge in [0, 0.05) is 32.7 Å². The largest absolute Gasteiger partial charge is 0.389 e. The highest BCUT2D eigenvalue weighted by atomic mass is 16.5. The molecule has 1 N–H and O–H groups in total. The molecule has 0 atom stereocenters. The molecule has 0 aromatic rings. The second-order valence-electron chi connectivity index (χ2n) is 5.12. The first-order chi connectivity index (χ1) is 8.09. The Morgan fingerprint density at radius 1 is 1.24 bits per heavy atom. The number of nitrogens with zero attached hydrogens (tertiary/aromatic N) is 2. The molecule has 1 aliphatic rings. The Kier molecular flexibility index (Phi) is 6.41. The van der Waals surface area contributed by atoms with Crippen LogP contribution >= 0.6 is 0 Å². The molecule has 0 aromatic heterocycles. The first-order valence-corrected chi connectivity index (χ1v) is 6.80. The van der Waals surface area contributed by atoms with Crippen LogP contribution in [0.3, 0.4) is 0 Å². The van der Waals surface area contributed by atoms with Crippen molar-refractivity contribution >= 4 is 0 Å². The lowest BCUT2D eigenvalue weighted by atomic mass is 9.97. The summed E-state index contributed by atoms with van der Waals surface area (Å²) in [5, 5.41) is 10.3. The zero-order valence-electron chi connectivity index (χ0n) is 11.6. The lowest BCUT2D eigenvalue weighted by molar-refractivity contribution is -0.00374. The molecule has 0 bridgehead atoms. The van der Waals surface area contributed by atoms with Gasteiger partial charge in [0.2, 0.25) is 0 Å². The van der Waals surface area contributed by atoms with Crippen LogP contribution in [0.2, 0.25) is 0 Å². The van der Waals surface area contributed by atoms with Gasteiger partial charge >= 0.3 is 0 Å². The van der Waals surface area contributed by atoms with Crippen LogP contribution in [0.4, 0.5) is 0 Å². The molecule has 1 aliphatic heterocycles. The summed E-state index contributed by atoms with van der Waals surface area (Å²) in [5.74, 6) is 0. The van der Waals surface area contributed by atoms with E-state index in [9.17, 15) is 5.11 Å². The fourth-order valence-electron chi connectivity index (χ4n) is 2.19. The Hall–Kier alpha value is -0.160. The lowest BCUT2D eigenvalue weighted by Crippen LogP contribution is -2.45. The van der Waals surface area contributed by atoms with Gasteiger partial charge in [-0.05, 0) is 19.9 Å². The van der Waals surface area contributed by atoms with E-state index in [0.717, 1.165) is 58.8 Å². The molecular formula is C13H28N2O2. The normalized spacial score (nSPS) is 18.9. The second-order valence-corrected chi connectivity index (χ2v) is 5.12. The lowest BCUT2D eigenvalue weighted by Gasteiger charge is -2.33. The van der Waals surface area contributed by atoms with E-state index in [-0.39, 0.29) is 0 Å². The van der Waals surface area contributed by atoms with E-state index in [1.807, 2.05) is 0 Å². The quantitative estimate of drug-likeness (QED) is 0.719. The van der Waals surface area contributed by atoms with Gasteiger partial charge in [0.05, 0.1) is 18.8 Å². The minimum atomic E-state index is -0.514. The molecule has 4 heteroatoms. The fourth-order valence-corrected chi connectivity index (χ4v) is 2.19. The number of ether oxygens (including phenoxy) is 1. The summed E-state index contributed by atoms with van der Waals surface area (Å²) in [4.78, 5) is 4.67. The third kappa shape index (κ3) is 5.34. The van der Waals surface area contributed by atoms with Gasteiger partial charge < -0.3 is 14.7 Å². The molecule has 102 valence electrons. The molecule has 0 aromatic carbocycles. The molecule has 1 heterocycles. The third-order valence-corrected chi connectivity index (χ3v) is 3.78. The highest BCUT2D eigenvalue weighted by Gasteiger charge is 2.24. The van der Waals surface area contributed by atoms with E-state index in [1.54, 1.807) is 0 Å². The predicted octanol–water partition coefficient (Wildman–Crippen LogP) is 0.802. The van der Waals surface area contributed by atoms with Crippen molar-refractivity contribution < 1.29 is 9.84 Å². The van der Waals surface area contributed by atoms with Crippen molar-refractivity contribution in [2.75, 3.05) is 53.0 Å². The van der Waals surface area contributed by atoms with Crippen LogP contribution in [0.5, 0.6) is 0 Å². The predicted molar refractivity (Wildman–Crippen MR) is 70.3 cm³/mol. The second kappa shape index (κ2) is 7.31. The first-order valence-electron chi connectivity index (χ1n) is 6.80. The van der Waals surface area contributed by atoms with Crippen molar-refractivity contribution in [1.82, 2.24) is 9.80 Å². The van der Waals surface area contributed by atoms with Gasteiger partial charge in [-0.1, -0.05) is 13.8 Å². The molecule has 0 aliphatic carbocycles. The Morgan fingerprint density at radius 3 is 2.35 bits per heavy atom. The Labute approximate surface area is 106 Å². The number of hydrogen-bond donors (Lipinski definition) is 1. The van der Waals surface area contributed by atoms with Crippen molar-refractivity contribution in [3.8, 4) is 0 Å². The maximum absolute atomic E-state index is 10.3. The standard InChI is InChI=1S/C13H28N2O2/c1-4-13(16,5-2)12-14(3)6-7-15-8-10-17-11-9-15/h16H,4-12H2,1-3H3. The average Bonchev–Trinajstić information content (AvgIpc) is 2.37. The zero-order chi connectivity index (χ0) is 12.7. The number of morpholine rings is 1. The topological polar surface area (TPSA) is 35.9 Å². The monoisotopic (exact) mass is 244 g/mol. The van der Waals surface area contributed by atoms with Gasteiger partial charge in [-0.2, -0.15) is 0 Å². The summed E-state index contributed by atoms with van der Waals surface area (Å²) in [7, 11) is 2.09. The van der Waals surface area contributed by atoms with E-state index in [1.165, 1.54) is 0 Å². The van der Waals surface area contributed by atoms with E-state index < -0.39 is 5.60 Å². The highest BCUT2D eigenvalue weighted by molar-refractivity contribution is 4.78. The van der Waals surface area contributed by atoms with Crippen molar-refractivity contribution in [2.45, 2.75) is 32.3 Å². The van der Waals surface area contributed by atoms with Crippen LogP contribution in [0.1, 0.15) is 26.7 Å². The molecule has 0 radical (unpaired) electrons. The van der Waals surface area contributed by atoms with Crippen LogP contribution in [-0.4, -0.2) is 73.5 Å². The van der Waals surface area contributed by atoms with E-state index in [2.05, 4.69) is 30.7 Å². The molecule has 0 spiro atoms. The minimum absolute atomic E-state index is 0.514. The van der Waals surface area contributed by atoms with Gasteiger partial charge in [0.25, 0.3) is 0 Å². The summed E-state index contributed by atoms with van der Waals surface area (Å²) in [6.45, 7) is 10.8. The van der Waals surface area contributed by atoms with Crippen LogP contribution in [0.25, 0.3) is 0 Å². The molecule has 4 nitrogen and oxygen atoms in total. The molecular weight excluding hydrogens is 216 g/mol. The molecule has 17 heavy (non-hydrogen) atoms. The summed E-state index contributed by atoms with van der Waals surface area (Å²) in [6, 6.07) is 0. The number of likely N-dealkylation sites (N-methyl/N-ethyl adjacent to an activating group) is 1. The Bertz CT molecular complexity index is 202. The molecule has 1 saturated heterocycles. The summed E-state index contributed by atoms with van der Waals surface area (Å²) in [6.07, 6.45) is 1.65. The van der Waals surface area contributed by atoms with Gasteiger partial charge in [0.1, 0.15) is 0 Å². The third-order valence-electron chi connectivity index (χ3n) is 3.78. The van der Waals surface area contributed by atoms with Crippen LogP contribution in [-0.2, 0) is 4.74 Å². The highest BCUT2D eigenvalue weighted by Crippen LogP contribution is 2.15. The zero-order valence-corrected chi connectivity index (χ0v) is 11.6. The molecule has 0 saturated carbocycles. The van der Waals surface area contributed by atoms with Crippen LogP contribution in [0.15, 0.2) is 0 Å². The van der Waals surface area contributed by atoms with Crippen molar-refractivity contribution in [3.05, 3.63) is 0 Å². The van der Waals surface area contributed by atoms with E-state index >= 15 is 0 Å². The molecule has 1 rings (SSSR count). The average molecular weight is 244 g/mol. The summed E-state index contributed by atoms with van der Waals surface area (Å²) < 4.78 is 5.33. The Morgan fingerprint density at radius 2 is 1.82 bits per heavy atom. The van der Waals surface area contributed by atoms with Crippen molar-refractivity contribution in [1.29, 1.82) is 0 Å². The summed E-state index contributed by atoms with van der Waals surface area (Å²) >= 11 is 0. The van der Waals surface area contributed by atoms with Gasteiger partial charge in [0.15, 0.2) is 0 Å². The minimum Gasteiger partial charge on any atom is -0.389 e. The van der Waals surface area contributed by atoms with Crippen LogP contribution < -0.4 is 0 Å². The number of hydrogen-bond acceptors (Lipinski definition) is 4. The molecule has 0 amide bonds. The Balaban J connectivity index is 2.21. The maximum atomic E-state index is 10.3. The number of rotatable bonds is 7. The molecule has 1 fully saturated rings. The first kappa shape index (κ1) is 14.9. The molecule has 0 unspecified atom stereocenters. The van der Waals surface area contributed by atoms with Crippen molar-refractivity contribution in [2.24, 2.45) is 0 Å². The van der Waals surface area contributed by atoms with E-state index in [0.29, 0.717) is 0 Å². The van der Waals surface area contributed by atoms with Gasteiger partial charge in [-0.15, -0.1) is 0 Å². The maximum Gasteiger partial charge on any atom is 0.0768 e. The fraction of sp³-hybridized carbons (Fsp3) is 1.00. The smallest absolute Gasteiger partial charge is 0.0768 e. The number of aliphatic hydroxyl groups is 1. The SMILES string of the molecule is CCC(O)(CC)CN(C)CCN1CCOCC1. The van der Waals surface area contributed by atoms with Crippen LogP contribution in [0, 0.1) is 0 Å². The summed E-state index contributed by atoms with van der Waals surface area (Å²) in [5.41, 5.74) is -0.514.